The third-order valence-corrected chi connectivity index (χ3v) is 2.96. The van der Waals surface area contributed by atoms with E-state index < -0.39 is 5.41 Å². The molecule has 0 aliphatic rings. The van der Waals surface area contributed by atoms with Crippen molar-refractivity contribution in [2.45, 2.75) is 46.5 Å². The molecular formula is C15H23NO2. The molecule has 0 saturated carbocycles. The zero-order chi connectivity index (χ0) is 14.0. The highest BCUT2D eigenvalue weighted by Crippen LogP contribution is 2.30. The summed E-state index contributed by atoms with van der Waals surface area (Å²) >= 11 is 0. The molecule has 0 radical (unpaired) electrons. The lowest BCUT2D eigenvalue weighted by molar-refractivity contribution is -0.125. The fourth-order valence-electron chi connectivity index (χ4n) is 1.72. The lowest BCUT2D eigenvalue weighted by Crippen LogP contribution is -2.33. The molecule has 1 aromatic rings. The number of aromatic nitrogens is 1. The monoisotopic (exact) mass is 249 g/mol. The van der Waals surface area contributed by atoms with Crippen molar-refractivity contribution >= 4 is 5.78 Å². The van der Waals surface area contributed by atoms with E-state index in [1.165, 1.54) is 0 Å². The van der Waals surface area contributed by atoms with Crippen molar-refractivity contribution in [2.24, 2.45) is 5.41 Å². The van der Waals surface area contributed by atoms with Crippen LogP contribution in [0.5, 0.6) is 5.88 Å². The standard InChI is InChI=1S/C15H23NO2/c1-14(2,3)10-12(17)15(4,5)11-8-7-9-13(16-11)18-6/h7-9H,10H2,1-6H3. The lowest BCUT2D eigenvalue weighted by atomic mass is 9.77. The van der Waals surface area contributed by atoms with Gasteiger partial charge in [0.05, 0.1) is 18.2 Å². The molecule has 0 atom stereocenters. The van der Waals surface area contributed by atoms with Gasteiger partial charge in [0.1, 0.15) is 5.78 Å². The summed E-state index contributed by atoms with van der Waals surface area (Å²) in [6.45, 7) is 10.0. The van der Waals surface area contributed by atoms with Crippen molar-refractivity contribution in [3.05, 3.63) is 23.9 Å². The van der Waals surface area contributed by atoms with E-state index in [0.29, 0.717) is 12.3 Å². The van der Waals surface area contributed by atoms with Crippen LogP contribution in [-0.4, -0.2) is 17.9 Å². The Balaban J connectivity index is 3.01. The van der Waals surface area contributed by atoms with Crippen LogP contribution in [0.1, 0.15) is 46.7 Å². The fraction of sp³-hybridized carbons (Fsp3) is 0.600. The van der Waals surface area contributed by atoms with Crippen molar-refractivity contribution in [1.82, 2.24) is 4.98 Å². The van der Waals surface area contributed by atoms with Crippen LogP contribution in [-0.2, 0) is 10.2 Å². The number of carbonyl (C=O) groups is 1. The normalized spacial score (nSPS) is 12.3. The summed E-state index contributed by atoms with van der Waals surface area (Å²) in [5.41, 5.74) is 0.172. The van der Waals surface area contributed by atoms with Crippen molar-refractivity contribution in [3.8, 4) is 5.88 Å². The predicted molar refractivity (Wildman–Crippen MR) is 72.9 cm³/mol. The molecule has 0 bridgehead atoms. The molecule has 1 heterocycles. The Bertz CT molecular complexity index is 430. The second-order valence-corrected chi connectivity index (χ2v) is 6.35. The van der Waals surface area contributed by atoms with Gasteiger partial charge in [-0.2, -0.15) is 0 Å². The molecule has 3 nitrogen and oxygen atoms in total. The number of Topliss-reactive ketones (excluding diaryl/α,β-unsaturated/α-hetero) is 1. The van der Waals surface area contributed by atoms with Crippen LogP contribution >= 0.6 is 0 Å². The molecule has 0 spiro atoms. The van der Waals surface area contributed by atoms with Crippen LogP contribution in [0.25, 0.3) is 0 Å². The number of methoxy groups -OCH3 is 1. The van der Waals surface area contributed by atoms with E-state index in [9.17, 15) is 4.79 Å². The molecule has 0 aromatic carbocycles. The minimum atomic E-state index is -0.582. The lowest BCUT2D eigenvalue weighted by Gasteiger charge is -2.27. The molecule has 18 heavy (non-hydrogen) atoms. The van der Waals surface area contributed by atoms with Gasteiger partial charge in [-0.25, -0.2) is 4.98 Å². The van der Waals surface area contributed by atoms with Crippen molar-refractivity contribution in [1.29, 1.82) is 0 Å². The Labute approximate surface area is 110 Å². The molecule has 0 aliphatic heterocycles. The molecule has 0 unspecified atom stereocenters. The first-order valence-corrected chi connectivity index (χ1v) is 6.21. The Morgan fingerprint density at radius 2 is 1.83 bits per heavy atom. The summed E-state index contributed by atoms with van der Waals surface area (Å²) in [6.07, 6.45) is 0.541. The van der Waals surface area contributed by atoms with E-state index in [2.05, 4.69) is 25.8 Å². The minimum absolute atomic E-state index is 0.00673. The van der Waals surface area contributed by atoms with Gasteiger partial charge in [-0.05, 0) is 25.3 Å². The Morgan fingerprint density at radius 3 is 2.33 bits per heavy atom. The predicted octanol–water partition coefficient (Wildman–Crippen LogP) is 3.37. The maximum Gasteiger partial charge on any atom is 0.213 e. The van der Waals surface area contributed by atoms with Crippen LogP contribution in [0.15, 0.2) is 18.2 Å². The summed E-state index contributed by atoms with van der Waals surface area (Å²) in [7, 11) is 1.58. The van der Waals surface area contributed by atoms with Gasteiger partial charge < -0.3 is 4.74 Å². The van der Waals surface area contributed by atoms with Crippen molar-refractivity contribution in [2.75, 3.05) is 7.11 Å². The van der Waals surface area contributed by atoms with Crippen molar-refractivity contribution in [3.63, 3.8) is 0 Å². The van der Waals surface area contributed by atoms with Crippen LogP contribution < -0.4 is 4.74 Å². The summed E-state index contributed by atoms with van der Waals surface area (Å²) in [4.78, 5) is 16.8. The number of hydrogen-bond acceptors (Lipinski definition) is 3. The van der Waals surface area contributed by atoms with E-state index in [1.54, 1.807) is 13.2 Å². The number of rotatable bonds is 4. The van der Waals surface area contributed by atoms with E-state index in [0.717, 1.165) is 5.69 Å². The summed E-state index contributed by atoms with van der Waals surface area (Å²) in [5.74, 6) is 0.750. The number of pyridine rings is 1. The molecule has 100 valence electrons. The molecule has 1 aromatic heterocycles. The average Bonchev–Trinajstić information content (AvgIpc) is 2.27. The van der Waals surface area contributed by atoms with Gasteiger partial charge >= 0.3 is 0 Å². The number of nitrogens with zero attached hydrogens (tertiary/aromatic N) is 1. The zero-order valence-electron chi connectivity index (χ0n) is 12.2. The smallest absolute Gasteiger partial charge is 0.213 e. The van der Waals surface area contributed by atoms with Gasteiger partial charge in [-0.1, -0.05) is 26.8 Å². The second-order valence-electron chi connectivity index (χ2n) is 6.35. The largest absolute Gasteiger partial charge is 0.481 e. The van der Waals surface area contributed by atoms with Crippen LogP contribution in [0.4, 0.5) is 0 Å². The molecular weight excluding hydrogens is 226 g/mol. The van der Waals surface area contributed by atoms with Gasteiger partial charge in [-0.15, -0.1) is 0 Å². The molecule has 0 N–H and O–H groups in total. The topological polar surface area (TPSA) is 39.2 Å². The zero-order valence-corrected chi connectivity index (χ0v) is 12.2. The van der Waals surface area contributed by atoms with E-state index in [1.807, 2.05) is 26.0 Å². The van der Waals surface area contributed by atoms with Gasteiger partial charge in [0.15, 0.2) is 0 Å². The molecule has 0 aliphatic carbocycles. The quantitative estimate of drug-likeness (QED) is 0.821. The molecule has 0 amide bonds. The van der Waals surface area contributed by atoms with Gasteiger partial charge in [0.2, 0.25) is 5.88 Å². The Hall–Kier alpha value is -1.38. The highest BCUT2D eigenvalue weighted by atomic mass is 16.5. The molecule has 3 heteroatoms. The molecule has 1 rings (SSSR count). The van der Waals surface area contributed by atoms with Gasteiger partial charge in [-0.3, -0.25) is 4.79 Å². The third kappa shape index (κ3) is 3.56. The first kappa shape index (κ1) is 14.7. The number of ketones is 1. The Kier molecular flexibility index (Phi) is 4.15. The number of hydrogen-bond donors (Lipinski definition) is 0. The van der Waals surface area contributed by atoms with Crippen LogP contribution in [0.3, 0.4) is 0 Å². The van der Waals surface area contributed by atoms with Gasteiger partial charge in [0.25, 0.3) is 0 Å². The maximum atomic E-state index is 12.4. The summed E-state index contributed by atoms with van der Waals surface area (Å²) in [5, 5.41) is 0. The second kappa shape index (κ2) is 5.09. The highest BCUT2D eigenvalue weighted by molar-refractivity contribution is 5.89. The molecule has 0 fully saturated rings. The Morgan fingerprint density at radius 1 is 1.22 bits per heavy atom. The summed E-state index contributed by atoms with van der Waals surface area (Å²) < 4.78 is 5.11. The first-order chi connectivity index (χ1) is 8.16. The average molecular weight is 249 g/mol. The van der Waals surface area contributed by atoms with Crippen LogP contribution in [0.2, 0.25) is 0 Å². The van der Waals surface area contributed by atoms with E-state index in [-0.39, 0.29) is 11.2 Å². The van der Waals surface area contributed by atoms with E-state index in [4.69, 9.17) is 4.74 Å². The fourth-order valence-corrected chi connectivity index (χ4v) is 1.72. The van der Waals surface area contributed by atoms with E-state index >= 15 is 0 Å². The minimum Gasteiger partial charge on any atom is -0.481 e. The molecule has 0 saturated heterocycles. The van der Waals surface area contributed by atoms with Gasteiger partial charge in [0, 0.05) is 12.5 Å². The first-order valence-electron chi connectivity index (χ1n) is 6.21. The number of ether oxygens (including phenoxy) is 1. The summed E-state index contributed by atoms with van der Waals surface area (Å²) in [6, 6.07) is 5.53. The highest BCUT2D eigenvalue weighted by Gasteiger charge is 2.33. The SMILES string of the molecule is COc1cccc(C(C)(C)C(=O)CC(C)(C)C)n1. The van der Waals surface area contributed by atoms with Crippen LogP contribution in [0, 0.1) is 5.41 Å². The maximum absolute atomic E-state index is 12.4. The third-order valence-electron chi connectivity index (χ3n) is 2.96. The van der Waals surface area contributed by atoms with Crippen molar-refractivity contribution < 1.29 is 9.53 Å². The number of carbonyl (C=O) groups excluding carboxylic acids is 1.